The standard InChI is InChI=1S/C8H14N2O2/c11-7-6-9-8(12)4-2-1-3-5-10(7)8/h9,12H,1-6H2/t8-/m0/s1. The summed E-state index contributed by atoms with van der Waals surface area (Å²) >= 11 is 0. The van der Waals surface area contributed by atoms with Crippen molar-refractivity contribution in [2.45, 2.75) is 31.5 Å². The summed E-state index contributed by atoms with van der Waals surface area (Å²) in [5, 5.41) is 12.8. The van der Waals surface area contributed by atoms with E-state index in [2.05, 4.69) is 5.32 Å². The van der Waals surface area contributed by atoms with Gasteiger partial charge in [-0.25, -0.2) is 0 Å². The molecule has 2 rings (SSSR count). The molecule has 0 radical (unpaired) electrons. The number of nitrogens with zero attached hydrogens (tertiary/aromatic N) is 1. The van der Waals surface area contributed by atoms with Crippen LogP contribution in [-0.4, -0.2) is 34.9 Å². The first-order valence-corrected chi connectivity index (χ1v) is 4.50. The second kappa shape index (κ2) is 2.71. The van der Waals surface area contributed by atoms with Gasteiger partial charge in [-0.3, -0.25) is 10.1 Å². The highest BCUT2D eigenvalue weighted by atomic mass is 16.3. The average Bonchev–Trinajstić information content (AvgIpc) is 2.24. The quantitative estimate of drug-likeness (QED) is 0.522. The minimum atomic E-state index is -1.02. The zero-order chi connectivity index (χ0) is 8.60. The molecule has 0 bridgehead atoms. The monoisotopic (exact) mass is 170 g/mol. The summed E-state index contributed by atoms with van der Waals surface area (Å²) < 4.78 is 0. The lowest BCUT2D eigenvalue weighted by Gasteiger charge is -2.30. The van der Waals surface area contributed by atoms with Crippen molar-refractivity contribution in [2.24, 2.45) is 0 Å². The molecule has 68 valence electrons. The van der Waals surface area contributed by atoms with E-state index in [-0.39, 0.29) is 12.5 Å². The zero-order valence-electron chi connectivity index (χ0n) is 7.05. The fourth-order valence-corrected chi connectivity index (χ4v) is 1.97. The number of nitrogens with one attached hydrogen (secondary N) is 1. The van der Waals surface area contributed by atoms with Crippen molar-refractivity contribution in [3.8, 4) is 0 Å². The first-order chi connectivity index (χ1) is 5.72. The van der Waals surface area contributed by atoms with Gasteiger partial charge >= 0.3 is 0 Å². The molecule has 0 unspecified atom stereocenters. The molecular weight excluding hydrogens is 156 g/mol. The van der Waals surface area contributed by atoms with E-state index in [0.717, 1.165) is 19.3 Å². The normalized spacial score (nSPS) is 36.4. The van der Waals surface area contributed by atoms with Gasteiger partial charge in [-0.15, -0.1) is 0 Å². The molecule has 0 aromatic rings. The molecule has 0 spiro atoms. The van der Waals surface area contributed by atoms with Crippen molar-refractivity contribution in [1.29, 1.82) is 0 Å². The zero-order valence-corrected chi connectivity index (χ0v) is 7.05. The molecule has 0 aromatic heterocycles. The van der Waals surface area contributed by atoms with E-state index in [0.29, 0.717) is 13.0 Å². The Morgan fingerprint density at radius 3 is 3.08 bits per heavy atom. The van der Waals surface area contributed by atoms with Crippen LogP contribution in [0, 0.1) is 0 Å². The molecule has 2 aliphatic heterocycles. The number of aliphatic hydroxyl groups is 1. The number of carbonyl (C=O) groups excluding carboxylic acids is 1. The van der Waals surface area contributed by atoms with E-state index in [1.807, 2.05) is 0 Å². The predicted molar refractivity (Wildman–Crippen MR) is 43.1 cm³/mol. The third-order valence-corrected chi connectivity index (χ3v) is 2.68. The third-order valence-electron chi connectivity index (χ3n) is 2.68. The van der Waals surface area contributed by atoms with Crippen molar-refractivity contribution in [3.63, 3.8) is 0 Å². The molecule has 4 nitrogen and oxygen atoms in total. The van der Waals surface area contributed by atoms with E-state index in [4.69, 9.17) is 0 Å². The Kier molecular flexibility index (Phi) is 1.81. The van der Waals surface area contributed by atoms with Crippen LogP contribution in [0.3, 0.4) is 0 Å². The first kappa shape index (κ1) is 8.01. The van der Waals surface area contributed by atoms with E-state index in [9.17, 15) is 9.90 Å². The van der Waals surface area contributed by atoms with Crippen LogP contribution in [-0.2, 0) is 4.79 Å². The molecule has 2 fully saturated rings. The smallest absolute Gasteiger partial charge is 0.239 e. The largest absolute Gasteiger partial charge is 0.358 e. The van der Waals surface area contributed by atoms with Gasteiger partial charge < -0.3 is 10.0 Å². The fourth-order valence-electron chi connectivity index (χ4n) is 1.97. The topological polar surface area (TPSA) is 52.6 Å². The first-order valence-electron chi connectivity index (χ1n) is 4.50. The summed E-state index contributed by atoms with van der Waals surface area (Å²) in [6.45, 7) is 0.985. The Labute approximate surface area is 71.5 Å². The number of hydrogen-bond acceptors (Lipinski definition) is 3. The highest BCUT2D eigenvalue weighted by molar-refractivity contribution is 5.81. The Bertz CT molecular complexity index is 207. The van der Waals surface area contributed by atoms with Gasteiger partial charge in [-0.1, -0.05) is 6.42 Å². The molecule has 2 aliphatic rings. The van der Waals surface area contributed by atoms with Gasteiger partial charge in [-0.2, -0.15) is 0 Å². The van der Waals surface area contributed by atoms with Gasteiger partial charge in [-0.05, 0) is 12.8 Å². The van der Waals surface area contributed by atoms with Crippen molar-refractivity contribution < 1.29 is 9.90 Å². The molecule has 1 atom stereocenters. The van der Waals surface area contributed by atoms with Crippen LogP contribution in [0.2, 0.25) is 0 Å². The van der Waals surface area contributed by atoms with Gasteiger partial charge in [0.15, 0.2) is 5.85 Å². The van der Waals surface area contributed by atoms with Crippen molar-refractivity contribution in [3.05, 3.63) is 0 Å². The minimum absolute atomic E-state index is 0.0272. The Morgan fingerprint density at radius 2 is 2.25 bits per heavy atom. The van der Waals surface area contributed by atoms with E-state index in [1.165, 1.54) is 0 Å². The second-order valence-corrected chi connectivity index (χ2v) is 3.53. The minimum Gasteiger partial charge on any atom is -0.358 e. The maximum absolute atomic E-state index is 11.3. The maximum Gasteiger partial charge on any atom is 0.239 e. The highest BCUT2D eigenvalue weighted by Gasteiger charge is 2.43. The summed E-state index contributed by atoms with van der Waals surface area (Å²) in [5.74, 6) is -0.993. The van der Waals surface area contributed by atoms with Crippen LogP contribution in [0.4, 0.5) is 0 Å². The van der Waals surface area contributed by atoms with Crippen LogP contribution >= 0.6 is 0 Å². The summed E-state index contributed by atoms with van der Waals surface area (Å²) in [6.07, 6.45) is 3.77. The van der Waals surface area contributed by atoms with Gasteiger partial charge in [0.2, 0.25) is 5.91 Å². The van der Waals surface area contributed by atoms with Crippen LogP contribution in [0.25, 0.3) is 0 Å². The molecule has 2 saturated heterocycles. The van der Waals surface area contributed by atoms with Crippen LogP contribution < -0.4 is 5.32 Å². The summed E-state index contributed by atoms with van der Waals surface area (Å²) in [7, 11) is 0. The lowest BCUT2D eigenvalue weighted by molar-refractivity contribution is -0.147. The number of amides is 1. The van der Waals surface area contributed by atoms with E-state index >= 15 is 0 Å². The fraction of sp³-hybridized carbons (Fsp3) is 0.875. The molecule has 12 heavy (non-hydrogen) atoms. The van der Waals surface area contributed by atoms with Crippen molar-refractivity contribution in [1.82, 2.24) is 10.2 Å². The summed E-state index contributed by atoms with van der Waals surface area (Å²) in [4.78, 5) is 12.8. The SMILES string of the molecule is O=C1CN[C@@]2(O)CCCCCN12. The van der Waals surface area contributed by atoms with Crippen molar-refractivity contribution in [2.75, 3.05) is 13.1 Å². The lowest BCUT2D eigenvalue weighted by Crippen LogP contribution is -2.51. The number of fused-ring (bicyclic) bond motifs is 1. The van der Waals surface area contributed by atoms with E-state index in [1.54, 1.807) is 4.90 Å². The Balaban J connectivity index is 2.19. The summed E-state index contributed by atoms with van der Waals surface area (Å²) in [5.41, 5.74) is 0. The van der Waals surface area contributed by atoms with Crippen LogP contribution in [0.1, 0.15) is 25.7 Å². The molecule has 4 heteroatoms. The van der Waals surface area contributed by atoms with Gasteiger partial charge in [0.05, 0.1) is 6.54 Å². The third kappa shape index (κ3) is 1.11. The Morgan fingerprint density at radius 1 is 1.42 bits per heavy atom. The van der Waals surface area contributed by atoms with Crippen LogP contribution in [0.15, 0.2) is 0 Å². The molecule has 2 heterocycles. The maximum atomic E-state index is 11.3. The lowest BCUT2D eigenvalue weighted by atomic mass is 10.2. The summed E-state index contributed by atoms with van der Waals surface area (Å²) in [6, 6.07) is 0. The van der Waals surface area contributed by atoms with Crippen LogP contribution in [0.5, 0.6) is 0 Å². The highest BCUT2D eigenvalue weighted by Crippen LogP contribution is 2.25. The van der Waals surface area contributed by atoms with Crippen molar-refractivity contribution >= 4 is 5.91 Å². The molecular formula is C8H14N2O2. The van der Waals surface area contributed by atoms with Gasteiger partial charge in [0.25, 0.3) is 0 Å². The van der Waals surface area contributed by atoms with Gasteiger partial charge in [0.1, 0.15) is 0 Å². The predicted octanol–water partition coefficient (Wildman–Crippen LogP) is -0.362. The molecule has 0 saturated carbocycles. The number of rotatable bonds is 0. The molecule has 1 amide bonds. The Hall–Kier alpha value is -0.610. The van der Waals surface area contributed by atoms with E-state index < -0.39 is 5.85 Å². The average molecular weight is 170 g/mol. The molecule has 0 aromatic carbocycles. The van der Waals surface area contributed by atoms with Gasteiger partial charge in [0, 0.05) is 13.0 Å². The number of carbonyl (C=O) groups is 1. The molecule has 2 N–H and O–H groups in total. The molecule has 0 aliphatic carbocycles. The second-order valence-electron chi connectivity index (χ2n) is 3.53. The number of hydrogen-bond donors (Lipinski definition) is 2.